The predicted molar refractivity (Wildman–Crippen MR) is 202 cm³/mol. The summed E-state index contributed by atoms with van der Waals surface area (Å²) in [4.78, 5) is 2.31. The monoisotopic (exact) mass is 613 g/mol. The zero-order valence-electron chi connectivity index (χ0n) is 26.3. The minimum Gasteiger partial charge on any atom is -0.454 e. The van der Waals surface area contributed by atoms with Gasteiger partial charge in [-0.3, -0.25) is 0 Å². The van der Waals surface area contributed by atoms with Crippen LogP contribution in [0.5, 0.6) is 0 Å². The van der Waals surface area contributed by atoms with Gasteiger partial charge in [0.05, 0.1) is 5.69 Å². The zero-order chi connectivity index (χ0) is 31.9. The predicted octanol–water partition coefficient (Wildman–Crippen LogP) is 13.2. The molecule has 0 bridgehead atoms. The van der Waals surface area contributed by atoms with E-state index in [9.17, 15) is 0 Å². The van der Waals surface area contributed by atoms with Gasteiger partial charge >= 0.3 is 0 Å². The van der Waals surface area contributed by atoms with Crippen LogP contribution in [0.2, 0.25) is 0 Å². The highest BCUT2D eigenvalue weighted by molar-refractivity contribution is 6.20. The molecule has 0 atom stereocenters. The quantitative estimate of drug-likeness (QED) is 0.185. The van der Waals surface area contributed by atoms with E-state index in [1.54, 1.807) is 0 Å². The Balaban J connectivity index is 1.18. The third kappa shape index (κ3) is 4.92. The molecule has 0 radical (unpaired) electrons. The average Bonchev–Trinajstić information content (AvgIpc) is 3.56. The lowest BCUT2D eigenvalue weighted by Gasteiger charge is -2.26. The third-order valence-electron chi connectivity index (χ3n) is 9.27. The van der Waals surface area contributed by atoms with E-state index in [2.05, 4.69) is 193 Å². The largest absolute Gasteiger partial charge is 0.454 e. The summed E-state index contributed by atoms with van der Waals surface area (Å²) < 4.78 is 6.72. The van der Waals surface area contributed by atoms with Gasteiger partial charge in [0.25, 0.3) is 0 Å². The smallest absolute Gasteiger partial charge is 0.159 e. The van der Waals surface area contributed by atoms with E-state index in [1.165, 1.54) is 44.2 Å². The Morgan fingerprint density at radius 2 is 0.854 bits per heavy atom. The maximum Gasteiger partial charge on any atom is 0.159 e. The number of furan rings is 1. The third-order valence-corrected chi connectivity index (χ3v) is 9.27. The van der Waals surface area contributed by atoms with Crippen molar-refractivity contribution in [2.45, 2.75) is 0 Å². The average molecular weight is 614 g/mol. The van der Waals surface area contributed by atoms with Crippen molar-refractivity contribution in [1.82, 2.24) is 0 Å². The van der Waals surface area contributed by atoms with E-state index in [1.807, 2.05) is 0 Å². The first-order chi connectivity index (χ1) is 23.8. The normalized spacial score (nSPS) is 11.3. The van der Waals surface area contributed by atoms with Gasteiger partial charge < -0.3 is 9.32 Å². The number of hydrogen-bond donors (Lipinski definition) is 0. The molecule has 0 aliphatic carbocycles. The molecule has 9 rings (SSSR count). The van der Waals surface area contributed by atoms with Crippen molar-refractivity contribution in [3.8, 4) is 33.4 Å². The maximum atomic E-state index is 6.72. The van der Waals surface area contributed by atoms with Gasteiger partial charge in [0.1, 0.15) is 5.58 Å². The lowest BCUT2D eigenvalue weighted by Crippen LogP contribution is -2.10. The van der Waals surface area contributed by atoms with Gasteiger partial charge in [0.2, 0.25) is 0 Å². The maximum absolute atomic E-state index is 6.72. The van der Waals surface area contributed by atoms with Gasteiger partial charge in [0, 0.05) is 22.1 Å². The van der Waals surface area contributed by atoms with Crippen LogP contribution in [0.3, 0.4) is 0 Å². The van der Waals surface area contributed by atoms with Crippen LogP contribution in [0.1, 0.15) is 0 Å². The molecule has 0 saturated carbocycles. The number of para-hydroxylation sites is 1. The van der Waals surface area contributed by atoms with Gasteiger partial charge in [-0.25, -0.2) is 0 Å². The molecule has 0 fully saturated rings. The van der Waals surface area contributed by atoms with Gasteiger partial charge in [-0.15, -0.1) is 0 Å². The number of rotatable bonds is 6. The molecule has 0 N–H and O–H groups in total. The van der Waals surface area contributed by atoms with Crippen molar-refractivity contribution in [2.24, 2.45) is 0 Å². The van der Waals surface area contributed by atoms with E-state index in [0.717, 1.165) is 39.0 Å². The Morgan fingerprint density at radius 3 is 1.52 bits per heavy atom. The Bertz CT molecular complexity index is 2530. The summed E-state index contributed by atoms with van der Waals surface area (Å²) in [5.74, 6) is 0. The molecule has 0 amide bonds. The van der Waals surface area contributed by atoms with Gasteiger partial charge in [-0.1, -0.05) is 146 Å². The second kappa shape index (κ2) is 11.8. The molecule has 1 aromatic heterocycles. The standard InChI is InChI=1S/C46H31NO/c1-3-11-32(12-4-1)34-21-26-39(27-22-34)47(40-28-23-35(24-29-40)38-17-9-16-37(31-38)33-13-5-2-6-14-33)43-20-10-19-42-45-41-18-8-7-15-36(41)25-30-44(45)48-46(42)43/h1-31H. The van der Waals surface area contributed by atoms with Crippen LogP contribution < -0.4 is 4.90 Å². The summed E-state index contributed by atoms with van der Waals surface area (Å²) >= 11 is 0. The Morgan fingerprint density at radius 1 is 0.354 bits per heavy atom. The molecule has 0 unspecified atom stereocenters. The summed E-state index contributed by atoms with van der Waals surface area (Å²) in [7, 11) is 0. The fourth-order valence-corrected chi connectivity index (χ4v) is 6.90. The van der Waals surface area contributed by atoms with Crippen molar-refractivity contribution in [3.05, 3.63) is 188 Å². The van der Waals surface area contributed by atoms with E-state index in [-0.39, 0.29) is 0 Å². The summed E-state index contributed by atoms with van der Waals surface area (Å²) in [6.07, 6.45) is 0. The van der Waals surface area contributed by atoms with Crippen molar-refractivity contribution in [2.75, 3.05) is 4.90 Å². The summed E-state index contributed by atoms with van der Waals surface area (Å²) in [5, 5.41) is 4.67. The molecule has 226 valence electrons. The molecule has 1 heterocycles. The lowest BCUT2D eigenvalue weighted by atomic mass is 9.98. The van der Waals surface area contributed by atoms with E-state index in [0.29, 0.717) is 0 Å². The fraction of sp³-hybridized carbons (Fsp3) is 0. The molecule has 2 heteroatoms. The summed E-state index contributed by atoms with van der Waals surface area (Å²) in [6.45, 7) is 0. The van der Waals surface area contributed by atoms with Crippen LogP contribution >= 0.6 is 0 Å². The highest BCUT2D eigenvalue weighted by Gasteiger charge is 2.20. The van der Waals surface area contributed by atoms with Crippen LogP contribution in [0.15, 0.2) is 192 Å². The number of benzene rings is 8. The molecular formula is C46H31NO. The number of anilines is 3. The number of nitrogens with zero attached hydrogens (tertiary/aromatic N) is 1. The molecule has 2 nitrogen and oxygen atoms in total. The molecule has 0 aliphatic rings. The molecular weight excluding hydrogens is 583 g/mol. The Labute approximate surface area is 279 Å². The van der Waals surface area contributed by atoms with Crippen LogP contribution in [0, 0.1) is 0 Å². The highest BCUT2D eigenvalue weighted by atomic mass is 16.3. The lowest BCUT2D eigenvalue weighted by molar-refractivity contribution is 0.669. The van der Waals surface area contributed by atoms with Crippen molar-refractivity contribution >= 4 is 49.8 Å². The number of hydrogen-bond acceptors (Lipinski definition) is 2. The van der Waals surface area contributed by atoms with Crippen molar-refractivity contribution in [3.63, 3.8) is 0 Å². The number of fused-ring (bicyclic) bond motifs is 5. The Kier molecular flexibility index (Phi) is 6.84. The van der Waals surface area contributed by atoms with Crippen molar-refractivity contribution < 1.29 is 4.42 Å². The zero-order valence-corrected chi connectivity index (χ0v) is 26.3. The second-order valence-corrected chi connectivity index (χ2v) is 12.2. The van der Waals surface area contributed by atoms with Crippen LogP contribution in [-0.4, -0.2) is 0 Å². The topological polar surface area (TPSA) is 16.4 Å². The first-order valence-electron chi connectivity index (χ1n) is 16.3. The minimum absolute atomic E-state index is 0.871. The van der Waals surface area contributed by atoms with E-state index in [4.69, 9.17) is 4.42 Å². The molecule has 0 spiro atoms. The summed E-state index contributed by atoms with van der Waals surface area (Å²) in [6, 6.07) is 66.8. The molecule has 8 aromatic carbocycles. The SMILES string of the molecule is c1ccc(-c2ccc(N(c3ccc(-c4cccc(-c5ccccc5)c4)cc3)c3cccc4c3oc3ccc5ccccc5c34)cc2)cc1. The molecule has 9 aromatic rings. The van der Waals surface area contributed by atoms with Crippen molar-refractivity contribution in [1.29, 1.82) is 0 Å². The fourth-order valence-electron chi connectivity index (χ4n) is 6.90. The van der Waals surface area contributed by atoms with E-state index >= 15 is 0 Å². The van der Waals surface area contributed by atoms with Gasteiger partial charge in [0.15, 0.2) is 5.58 Å². The highest BCUT2D eigenvalue weighted by Crippen LogP contribution is 2.44. The van der Waals surface area contributed by atoms with Gasteiger partial charge in [-0.05, 0) is 86.6 Å². The molecule has 0 aliphatic heterocycles. The Hall–Kier alpha value is -6.38. The summed E-state index contributed by atoms with van der Waals surface area (Å²) in [5.41, 5.74) is 12.0. The first-order valence-corrected chi connectivity index (χ1v) is 16.3. The minimum atomic E-state index is 0.871. The van der Waals surface area contributed by atoms with Crippen LogP contribution in [-0.2, 0) is 0 Å². The van der Waals surface area contributed by atoms with Gasteiger partial charge in [-0.2, -0.15) is 0 Å². The van der Waals surface area contributed by atoms with E-state index < -0.39 is 0 Å². The molecule has 0 saturated heterocycles. The van der Waals surface area contributed by atoms with Crippen LogP contribution in [0.25, 0.3) is 66.1 Å². The first kappa shape index (κ1) is 27.9. The molecule has 48 heavy (non-hydrogen) atoms. The van der Waals surface area contributed by atoms with Crippen LogP contribution in [0.4, 0.5) is 17.1 Å². The second-order valence-electron chi connectivity index (χ2n) is 12.2.